The number of benzene rings is 1. The van der Waals surface area contributed by atoms with E-state index in [9.17, 15) is 4.79 Å². The van der Waals surface area contributed by atoms with E-state index in [1.807, 2.05) is 32.3 Å². The third kappa shape index (κ3) is 4.26. The molecular weight excluding hydrogens is 314 g/mol. The van der Waals surface area contributed by atoms with Crippen molar-refractivity contribution in [2.45, 2.75) is 19.8 Å². The van der Waals surface area contributed by atoms with Crippen LogP contribution in [0.2, 0.25) is 0 Å². The van der Waals surface area contributed by atoms with E-state index in [0.29, 0.717) is 5.95 Å². The fourth-order valence-electron chi connectivity index (χ4n) is 3.05. The predicted octanol–water partition coefficient (Wildman–Crippen LogP) is 2.83. The number of hydrogen-bond acceptors (Lipinski definition) is 5. The molecule has 1 fully saturated rings. The second kappa shape index (κ2) is 7.51. The van der Waals surface area contributed by atoms with Crippen LogP contribution in [0.4, 0.5) is 17.5 Å². The van der Waals surface area contributed by atoms with Gasteiger partial charge >= 0.3 is 0 Å². The Morgan fingerprint density at radius 1 is 1.16 bits per heavy atom. The van der Waals surface area contributed by atoms with E-state index in [1.165, 1.54) is 5.56 Å². The van der Waals surface area contributed by atoms with Crippen LogP contribution in [-0.2, 0) is 4.79 Å². The third-order valence-electron chi connectivity index (χ3n) is 4.53. The second-order valence-electron chi connectivity index (χ2n) is 6.73. The van der Waals surface area contributed by atoms with Crippen LogP contribution in [0.3, 0.4) is 0 Å². The van der Waals surface area contributed by atoms with Gasteiger partial charge in [-0.05, 0) is 38.0 Å². The van der Waals surface area contributed by atoms with Gasteiger partial charge < -0.3 is 15.1 Å². The summed E-state index contributed by atoms with van der Waals surface area (Å²) in [6.07, 6.45) is 3.46. The Kier molecular flexibility index (Phi) is 5.16. The lowest BCUT2D eigenvalue weighted by molar-refractivity contribution is -0.133. The van der Waals surface area contributed by atoms with Gasteiger partial charge in [0, 0.05) is 45.0 Å². The molecule has 0 aliphatic carbocycles. The fourth-order valence-corrected chi connectivity index (χ4v) is 3.05. The Balaban J connectivity index is 1.64. The minimum absolute atomic E-state index is 0.111. The first-order chi connectivity index (χ1) is 12.0. The van der Waals surface area contributed by atoms with Crippen LogP contribution in [0.25, 0.3) is 0 Å². The molecular formula is C19H25N5O. The van der Waals surface area contributed by atoms with Crippen molar-refractivity contribution in [2.24, 2.45) is 5.92 Å². The van der Waals surface area contributed by atoms with Gasteiger partial charge in [-0.25, -0.2) is 4.98 Å². The first kappa shape index (κ1) is 17.2. The van der Waals surface area contributed by atoms with Gasteiger partial charge in [0.1, 0.15) is 5.82 Å². The SMILES string of the molecule is Cc1ccc(Nc2ccnc(N3CCC(C(=O)N(C)C)CC3)n2)cc1. The normalized spacial score (nSPS) is 15.1. The quantitative estimate of drug-likeness (QED) is 0.928. The molecule has 25 heavy (non-hydrogen) atoms. The first-order valence-electron chi connectivity index (χ1n) is 8.66. The van der Waals surface area contributed by atoms with E-state index in [2.05, 4.69) is 39.2 Å². The lowest BCUT2D eigenvalue weighted by Crippen LogP contribution is -2.40. The standard InChI is InChI=1S/C19H25N5O/c1-14-4-6-16(7-5-14)21-17-8-11-20-19(22-17)24-12-9-15(10-13-24)18(25)23(2)3/h4-8,11,15H,9-10,12-13H2,1-3H3,(H,20,21,22). The number of nitrogens with one attached hydrogen (secondary N) is 1. The zero-order valence-corrected chi connectivity index (χ0v) is 15.1. The zero-order valence-electron chi connectivity index (χ0n) is 15.1. The van der Waals surface area contributed by atoms with Gasteiger partial charge in [0.25, 0.3) is 0 Å². The highest BCUT2D eigenvalue weighted by Gasteiger charge is 2.27. The molecule has 0 radical (unpaired) electrons. The number of piperidine rings is 1. The highest BCUT2D eigenvalue weighted by molar-refractivity contribution is 5.78. The lowest BCUT2D eigenvalue weighted by Gasteiger charge is -2.32. The molecule has 3 rings (SSSR count). The molecule has 2 aromatic rings. The number of hydrogen-bond donors (Lipinski definition) is 1. The van der Waals surface area contributed by atoms with Crippen molar-refractivity contribution in [1.29, 1.82) is 0 Å². The van der Waals surface area contributed by atoms with E-state index < -0.39 is 0 Å². The molecule has 0 saturated carbocycles. The third-order valence-corrected chi connectivity index (χ3v) is 4.53. The van der Waals surface area contributed by atoms with Crippen molar-refractivity contribution in [3.8, 4) is 0 Å². The van der Waals surface area contributed by atoms with Gasteiger partial charge in [0.05, 0.1) is 0 Å². The largest absolute Gasteiger partial charge is 0.349 e. The molecule has 1 amide bonds. The maximum atomic E-state index is 12.1. The van der Waals surface area contributed by atoms with Gasteiger partial charge in [-0.1, -0.05) is 17.7 Å². The molecule has 1 aromatic carbocycles. The van der Waals surface area contributed by atoms with E-state index in [0.717, 1.165) is 37.4 Å². The molecule has 1 aliphatic heterocycles. The van der Waals surface area contributed by atoms with Crippen molar-refractivity contribution < 1.29 is 4.79 Å². The average Bonchev–Trinajstić information content (AvgIpc) is 2.63. The van der Waals surface area contributed by atoms with Crippen molar-refractivity contribution in [1.82, 2.24) is 14.9 Å². The summed E-state index contributed by atoms with van der Waals surface area (Å²) in [5.74, 6) is 1.82. The number of rotatable bonds is 4. The molecule has 1 aromatic heterocycles. The van der Waals surface area contributed by atoms with Crippen LogP contribution in [0.5, 0.6) is 0 Å². The second-order valence-corrected chi connectivity index (χ2v) is 6.73. The summed E-state index contributed by atoms with van der Waals surface area (Å²) in [6.45, 7) is 3.67. The molecule has 1 N–H and O–H groups in total. The van der Waals surface area contributed by atoms with Gasteiger partial charge in [-0.15, -0.1) is 0 Å². The van der Waals surface area contributed by atoms with Gasteiger partial charge in [-0.3, -0.25) is 4.79 Å². The Labute approximate surface area is 148 Å². The van der Waals surface area contributed by atoms with Crippen LogP contribution in [0.15, 0.2) is 36.5 Å². The van der Waals surface area contributed by atoms with Crippen LogP contribution in [0.1, 0.15) is 18.4 Å². The highest BCUT2D eigenvalue weighted by atomic mass is 16.2. The highest BCUT2D eigenvalue weighted by Crippen LogP contribution is 2.23. The molecule has 6 heteroatoms. The Hall–Kier alpha value is -2.63. The summed E-state index contributed by atoms with van der Waals surface area (Å²) in [5.41, 5.74) is 2.23. The predicted molar refractivity (Wildman–Crippen MR) is 100 cm³/mol. The summed E-state index contributed by atoms with van der Waals surface area (Å²) >= 11 is 0. The van der Waals surface area contributed by atoms with E-state index >= 15 is 0 Å². The number of nitrogens with zero attached hydrogens (tertiary/aromatic N) is 4. The van der Waals surface area contributed by atoms with Crippen LogP contribution in [-0.4, -0.2) is 48.0 Å². The Bertz CT molecular complexity index is 721. The molecule has 0 spiro atoms. The number of carbonyl (C=O) groups excluding carboxylic acids is 1. The molecule has 1 saturated heterocycles. The number of aromatic nitrogens is 2. The summed E-state index contributed by atoms with van der Waals surface area (Å²) in [6, 6.07) is 10.1. The van der Waals surface area contributed by atoms with Gasteiger partial charge in [0.15, 0.2) is 0 Å². The minimum atomic E-state index is 0.111. The molecule has 132 valence electrons. The average molecular weight is 339 g/mol. The Morgan fingerprint density at radius 2 is 1.84 bits per heavy atom. The number of anilines is 3. The summed E-state index contributed by atoms with van der Waals surface area (Å²) in [7, 11) is 3.63. The van der Waals surface area contributed by atoms with E-state index in [-0.39, 0.29) is 11.8 Å². The fraction of sp³-hybridized carbons (Fsp3) is 0.421. The molecule has 0 atom stereocenters. The summed E-state index contributed by atoms with van der Waals surface area (Å²) in [5, 5.41) is 3.31. The number of amides is 1. The maximum Gasteiger partial charge on any atom is 0.227 e. The summed E-state index contributed by atoms with van der Waals surface area (Å²) < 4.78 is 0. The van der Waals surface area contributed by atoms with E-state index in [1.54, 1.807) is 11.1 Å². The van der Waals surface area contributed by atoms with Crippen LogP contribution >= 0.6 is 0 Å². The van der Waals surface area contributed by atoms with Crippen LogP contribution in [0, 0.1) is 12.8 Å². The van der Waals surface area contributed by atoms with Crippen molar-refractivity contribution in [2.75, 3.05) is 37.4 Å². The minimum Gasteiger partial charge on any atom is -0.349 e. The van der Waals surface area contributed by atoms with Gasteiger partial charge in [-0.2, -0.15) is 4.98 Å². The van der Waals surface area contributed by atoms with Crippen molar-refractivity contribution in [3.63, 3.8) is 0 Å². The monoisotopic (exact) mass is 339 g/mol. The zero-order chi connectivity index (χ0) is 17.8. The Morgan fingerprint density at radius 3 is 2.48 bits per heavy atom. The lowest BCUT2D eigenvalue weighted by atomic mass is 9.96. The van der Waals surface area contributed by atoms with Crippen molar-refractivity contribution >= 4 is 23.4 Å². The van der Waals surface area contributed by atoms with E-state index in [4.69, 9.17) is 0 Å². The summed E-state index contributed by atoms with van der Waals surface area (Å²) in [4.78, 5) is 25.0. The van der Waals surface area contributed by atoms with Crippen molar-refractivity contribution in [3.05, 3.63) is 42.1 Å². The topological polar surface area (TPSA) is 61.4 Å². The van der Waals surface area contributed by atoms with Gasteiger partial charge in [0.2, 0.25) is 11.9 Å². The number of aryl methyl sites for hydroxylation is 1. The molecule has 0 bridgehead atoms. The molecule has 2 heterocycles. The smallest absolute Gasteiger partial charge is 0.227 e. The van der Waals surface area contributed by atoms with Crippen LogP contribution < -0.4 is 10.2 Å². The molecule has 0 unspecified atom stereocenters. The number of carbonyl (C=O) groups is 1. The molecule has 6 nitrogen and oxygen atoms in total. The maximum absolute atomic E-state index is 12.1. The first-order valence-corrected chi connectivity index (χ1v) is 8.66. The molecule has 1 aliphatic rings.